The van der Waals surface area contributed by atoms with Crippen LogP contribution in [0.2, 0.25) is 0 Å². The Balaban J connectivity index is 1.55. The summed E-state index contributed by atoms with van der Waals surface area (Å²) in [6.07, 6.45) is 11.0. The maximum absolute atomic E-state index is 10.3. The first-order chi connectivity index (χ1) is 15.5. The van der Waals surface area contributed by atoms with E-state index >= 15 is 0 Å². The van der Waals surface area contributed by atoms with Crippen LogP contribution in [0.1, 0.15) is 96.6 Å². The molecule has 0 radical (unpaired) electrons. The minimum absolute atomic E-state index is 0.0143. The van der Waals surface area contributed by atoms with E-state index < -0.39 is 0 Å². The van der Waals surface area contributed by atoms with Crippen LogP contribution in [-0.4, -0.2) is 42.9 Å². The lowest BCUT2D eigenvalue weighted by atomic mass is 9.81. The second-order valence-electron chi connectivity index (χ2n) is 11.0. The van der Waals surface area contributed by atoms with Crippen LogP contribution in [0.4, 0.5) is 0 Å². The molecular weight excluding hydrogens is 424 g/mol. The Labute approximate surface area is 197 Å². The number of aromatic hydroxyl groups is 2. The maximum atomic E-state index is 10.3. The van der Waals surface area contributed by atoms with Crippen LogP contribution in [0.5, 0.6) is 11.8 Å². The Morgan fingerprint density at radius 3 is 1.39 bits per heavy atom. The Kier molecular flexibility index (Phi) is 10.2. The Bertz CT molecular complexity index is 747. The molecule has 0 saturated carbocycles. The molecule has 0 fully saturated rings. The second kappa shape index (κ2) is 12.4. The van der Waals surface area contributed by atoms with Crippen molar-refractivity contribution in [2.24, 2.45) is 10.8 Å². The van der Waals surface area contributed by atoms with Crippen LogP contribution in [0.25, 0.3) is 0 Å². The summed E-state index contributed by atoms with van der Waals surface area (Å²) in [5.74, 6) is -0.0837. The topological polar surface area (TPSA) is 133 Å². The van der Waals surface area contributed by atoms with E-state index in [0.717, 1.165) is 56.1 Å². The van der Waals surface area contributed by atoms with Crippen molar-refractivity contribution in [3.63, 3.8) is 0 Å². The van der Waals surface area contributed by atoms with E-state index in [2.05, 4.69) is 38.0 Å². The van der Waals surface area contributed by atoms with Gasteiger partial charge in [-0.3, -0.25) is 0 Å². The fourth-order valence-corrected chi connectivity index (χ4v) is 4.46. The summed E-state index contributed by atoms with van der Waals surface area (Å²) < 4.78 is 9.58. The standard InChI is InChI=1S/C25H42N2O6/c1-24(2,14-18-16-32-26-22(18)30)12-6-10-20(28)8-5-9-21(29)11-7-13-25(3,4)15-19-17-33-27-23(19)31/h16-17,20-21,28-29H,5-15H2,1-4H3,(H,26,30)(H,27,31). The van der Waals surface area contributed by atoms with Crippen molar-refractivity contribution in [3.05, 3.63) is 23.7 Å². The molecule has 2 unspecified atom stereocenters. The first-order valence-corrected chi connectivity index (χ1v) is 12.1. The van der Waals surface area contributed by atoms with E-state index in [1.54, 1.807) is 0 Å². The van der Waals surface area contributed by atoms with Gasteiger partial charge in [0.05, 0.1) is 23.3 Å². The highest BCUT2D eigenvalue weighted by atomic mass is 16.5. The zero-order valence-electron chi connectivity index (χ0n) is 20.6. The Morgan fingerprint density at radius 2 is 1.06 bits per heavy atom. The minimum atomic E-state index is -0.354. The molecule has 33 heavy (non-hydrogen) atoms. The van der Waals surface area contributed by atoms with Crippen molar-refractivity contribution < 1.29 is 29.5 Å². The lowest BCUT2D eigenvalue weighted by molar-refractivity contribution is 0.116. The van der Waals surface area contributed by atoms with Gasteiger partial charge in [-0.25, -0.2) is 0 Å². The monoisotopic (exact) mass is 466 g/mol. The van der Waals surface area contributed by atoms with Gasteiger partial charge >= 0.3 is 0 Å². The number of rotatable bonds is 16. The zero-order chi connectivity index (χ0) is 24.5. The van der Waals surface area contributed by atoms with Gasteiger partial charge in [0.15, 0.2) is 0 Å². The molecular formula is C25H42N2O6. The van der Waals surface area contributed by atoms with Gasteiger partial charge in [-0.2, -0.15) is 0 Å². The summed E-state index contributed by atoms with van der Waals surface area (Å²) in [5, 5.41) is 46.9. The highest BCUT2D eigenvalue weighted by Crippen LogP contribution is 2.32. The average molecular weight is 467 g/mol. The fraction of sp³-hybridized carbons (Fsp3) is 0.760. The average Bonchev–Trinajstić information content (AvgIpc) is 3.28. The molecule has 0 amide bonds. The van der Waals surface area contributed by atoms with Crippen molar-refractivity contribution in [1.29, 1.82) is 0 Å². The molecule has 0 aromatic carbocycles. The fourth-order valence-electron chi connectivity index (χ4n) is 4.46. The lowest BCUT2D eigenvalue weighted by Gasteiger charge is -2.25. The minimum Gasteiger partial charge on any atom is -0.491 e. The van der Waals surface area contributed by atoms with Gasteiger partial charge in [0.1, 0.15) is 12.5 Å². The molecule has 4 N–H and O–H groups in total. The van der Waals surface area contributed by atoms with Crippen LogP contribution in [0.15, 0.2) is 21.6 Å². The number of aliphatic hydroxyl groups excluding tert-OH is 2. The lowest BCUT2D eigenvalue weighted by Crippen LogP contribution is -2.17. The van der Waals surface area contributed by atoms with Gasteiger partial charge in [-0.1, -0.05) is 40.5 Å². The SMILES string of the molecule is CC(C)(CCCC(O)CCCC(O)CCCC(C)(C)Cc1conc1O)Cc1conc1O. The van der Waals surface area contributed by atoms with Crippen molar-refractivity contribution in [3.8, 4) is 11.8 Å². The summed E-state index contributed by atoms with van der Waals surface area (Å²) in [7, 11) is 0. The molecule has 188 valence electrons. The second-order valence-corrected chi connectivity index (χ2v) is 11.0. The van der Waals surface area contributed by atoms with E-state index in [1.807, 2.05) is 0 Å². The van der Waals surface area contributed by atoms with Gasteiger partial charge in [0, 0.05) is 0 Å². The van der Waals surface area contributed by atoms with Gasteiger partial charge in [0.2, 0.25) is 0 Å². The molecule has 0 saturated heterocycles. The molecule has 0 bridgehead atoms. The number of nitrogens with zero attached hydrogens (tertiary/aromatic N) is 2. The van der Waals surface area contributed by atoms with E-state index in [4.69, 9.17) is 9.05 Å². The van der Waals surface area contributed by atoms with Crippen LogP contribution < -0.4 is 0 Å². The maximum Gasteiger partial charge on any atom is 0.254 e. The Hall–Kier alpha value is -2.06. The van der Waals surface area contributed by atoms with Gasteiger partial charge in [-0.15, -0.1) is 0 Å². The molecule has 2 rings (SSSR count). The zero-order valence-corrected chi connectivity index (χ0v) is 20.6. The van der Waals surface area contributed by atoms with E-state index in [0.29, 0.717) is 25.7 Å². The number of hydrogen-bond acceptors (Lipinski definition) is 8. The molecule has 8 nitrogen and oxygen atoms in total. The highest BCUT2D eigenvalue weighted by Gasteiger charge is 2.23. The molecule has 2 aromatic heterocycles. The third-order valence-electron chi connectivity index (χ3n) is 6.44. The Morgan fingerprint density at radius 1 is 0.697 bits per heavy atom. The van der Waals surface area contributed by atoms with Gasteiger partial charge in [-0.05, 0) is 78.9 Å². The van der Waals surface area contributed by atoms with Crippen molar-refractivity contribution in [2.45, 2.75) is 111 Å². The van der Waals surface area contributed by atoms with E-state index in [-0.39, 0.29) is 34.8 Å². The van der Waals surface area contributed by atoms with Gasteiger partial charge in [0.25, 0.3) is 11.8 Å². The molecule has 2 aromatic rings. The normalized spacial score (nSPS) is 14.5. The third-order valence-corrected chi connectivity index (χ3v) is 6.44. The number of hydrogen-bond donors (Lipinski definition) is 4. The summed E-state index contributed by atoms with van der Waals surface area (Å²) in [4.78, 5) is 0. The van der Waals surface area contributed by atoms with E-state index in [1.165, 1.54) is 12.5 Å². The largest absolute Gasteiger partial charge is 0.491 e. The van der Waals surface area contributed by atoms with E-state index in [9.17, 15) is 20.4 Å². The summed E-state index contributed by atoms with van der Waals surface area (Å²) in [6, 6.07) is 0. The number of aliphatic hydroxyl groups is 2. The summed E-state index contributed by atoms with van der Waals surface area (Å²) in [6.45, 7) is 8.55. The molecule has 2 atom stereocenters. The van der Waals surface area contributed by atoms with Crippen LogP contribution >= 0.6 is 0 Å². The quantitative estimate of drug-likeness (QED) is 0.267. The van der Waals surface area contributed by atoms with Crippen LogP contribution in [-0.2, 0) is 12.8 Å². The predicted octanol–water partition coefficient (Wildman–Crippen LogP) is 5.14. The van der Waals surface area contributed by atoms with Crippen molar-refractivity contribution >= 4 is 0 Å². The molecule has 0 aliphatic carbocycles. The molecule has 0 aliphatic heterocycles. The third kappa shape index (κ3) is 10.2. The molecule has 0 aliphatic rings. The summed E-state index contributed by atoms with van der Waals surface area (Å²) >= 11 is 0. The molecule has 2 heterocycles. The predicted molar refractivity (Wildman–Crippen MR) is 125 cm³/mol. The first kappa shape index (κ1) is 27.2. The number of aromatic nitrogens is 2. The highest BCUT2D eigenvalue weighted by molar-refractivity contribution is 5.21. The van der Waals surface area contributed by atoms with Crippen molar-refractivity contribution in [1.82, 2.24) is 10.3 Å². The van der Waals surface area contributed by atoms with Crippen LogP contribution in [0, 0.1) is 10.8 Å². The molecule has 0 spiro atoms. The molecule has 8 heteroatoms. The van der Waals surface area contributed by atoms with Gasteiger partial charge < -0.3 is 29.5 Å². The van der Waals surface area contributed by atoms with Crippen LogP contribution in [0.3, 0.4) is 0 Å². The van der Waals surface area contributed by atoms with Crippen molar-refractivity contribution in [2.75, 3.05) is 0 Å². The first-order valence-electron chi connectivity index (χ1n) is 12.1. The smallest absolute Gasteiger partial charge is 0.254 e. The summed E-state index contributed by atoms with van der Waals surface area (Å²) in [5.41, 5.74) is 1.41.